The van der Waals surface area contributed by atoms with Crippen LogP contribution in [0.2, 0.25) is 0 Å². The average Bonchev–Trinajstić information content (AvgIpc) is 2.95. The summed E-state index contributed by atoms with van der Waals surface area (Å²) < 4.78 is 0.565. The lowest BCUT2D eigenvalue weighted by molar-refractivity contribution is -0.927. The van der Waals surface area contributed by atoms with E-state index in [1.807, 2.05) is 36.4 Å². The molecule has 2 aromatic carbocycles. The van der Waals surface area contributed by atoms with E-state index < -0.39 is 0 Å². The summed E-state index contributed by atoms with van der Waals surface area (Å²) in [5.74, 6) is 0. The quantitative estimate of drug-likeness (QED) is 0.422. The van der Waals surface area contributed by atoms with Gasteiger partial charge >= 0.3 is 0 Å². The number of nitrogens with zero attached hydrogens (tertiary/aromatic N) is 2. The van der Waals surface area contributed by atoms with Gasteiger partial charge in [0.2, 0.25) is 0 Å². The van der Waals surface area contributed by atoms with Crippen LogP contribution in [-0.4, -0.2) is 41.7 Å². The number of quaternary nitrogens is 1. The van der Waals surface area contributed by atoms with E-state index in [1.165, 1.54) is 0 Å². The molecule has 0 radical (unpaired) electrons. The van der Waals surface area contributed by atoms with Crippen LogP contribution in [0.25, 0.3) is 0 Å². The molecule has 2 unspecified atom stereocenters. The van der Waals surface area contributed by atoms with Crippen LogP contribution >= 0.6 is 0 Å². The summed E-state index contributed by atoms with van der Waals surface area (Å²) in [6.45, 7) is 1.17. The fraction of sp³-hybridized carbons (Fsp3) is 0.316. The molecule has 1 aliphatic rings. The average molecular weight is 422 g/mol. The first-order valence-corrected chi connectivity index (χ1v) is 7.90. The molecule has 0 bridgehead atoms. The molecular weight excluding hydrogens is 399 g/mol. The van der Waals surface area contributed by atoms with E-state index in [0.717, 1.165) is 36.2 Å². The van der Waals surface area contributed by atoms with Crippen LogP contribution in [0, 0.1) is 0 Å². The highest BCUT2D eigenvalue weighted by Crippen LogP contribution is 2.27. The van der Waals surface area contributed by atoms with E-state index in [1.54, 1.807) is 0 Å². The normalized spacial score (nSPS) is 23.1. The van der Waals surface area contributed by atoms with E-state index in [-0.39, 0.29) is 36.6 Å². The number of likely N-dealkylation sites (tertiary alicyclic amines) is 1. The first kappa shape index (κ1) is 18.1. The van der Waals surface area contributed by atoms with Gasteiger partial charge in [-0.25, -0.2) is 0 Å². The number of aliphatic hydroxyl groups excluding tert-OH is 1. The molecule has 1 saturated heterocycles. The molecule has 2 atom stereocenters. The van der Waals surface area contributed by atoms with E-state index in [9.17, 15) is 5.11 Å². The number of halogens is 1. The minimum absolute atomic E-state index is 0. The van der Waals surface area contributed by atoms with Crippen LogP contribution in [0.5, 0.6) is 0 Å². The molecule has 1 heterocycles. The van der Waals surface area contributed by atoms with Crippen LogP contribution in [0.15, 0.2) is 65.8 Å². The maximum Gasteiger partial charge on any atom is 0.136 e. The number of likely N-dealkylation sites (N-methyl/N-ethyl adjacent to an activating group) is 1. The molecule has 3 rings (SSSR count). The van der Waals surface area contributed by atoms with Gasteiger partial charge in [-0.05, 0) is 0 Å². The molecule has 4 heteroatoms. The predicted octanol–water partition coefficient (Wildman–Crippen LogP) is 0.0443. The van der Waals surface area contributed by atoms with Crippen LogP contribution in [0.1, 0.15) is 24.0 Å². The Morgan fingerprint density at radius 3 is 2.04 bits per heavy atom. The largest absolute Gasteiger partial charge is 1.00 e. The van der Waals surface area contributed by atoms with E-state index >= 15 is 0 Å². The second-order valence-electron chi connectivity index (χ2n) is 6.10. The van der Waals surface area contributed by atoms with Crippen LogP contribution < -0.4 is 24.0 Å². The van der Waals surface area contributed by atoms with E-state index in [2.05, 4.69) is 31.3 Å². The summed E-state index contributed by atoms with van der Waals surface area (Å²) in [4.78, 5) is 0. The van der Waals surface area contributed by atoms with Crippen molar-refractivity contribution in [2.24, 2.45) is 5.10 Å². The highest BCUT2D eigenvalue weighted by molar-refractivity contribution is 6.12. The van der Waals surface area contributed by atoms with E-state index in [0.29, 0.717) is 4.59 Å². The van der Waals surface area contributed by atoms with Crippen molar-refractivity contribution in [2.75, 3.05) is 20.2 Å². The van der Waals surface area contributed by atoms with Crippen molar-refractivity contribution < 1.29 is 33.7 Å². The van der Waals surface area contributed by atoms with Gasteiger partial charge in [0.15, 0.2) is 0 Å². The highest BCUT2D eigenvalue weighted by atomic mass is 127. The van der Waals surface area contributed by atoms with Crippen molar-refractivity contribution in [3.05, 3.63) is 71.8 Å². The monoisotopic (exact) mass is 422 g/mol. The summed E-state index contributed by atoms with van der Waals surface area (Å²) in [6.07, 6.45) is 2.15. The Labute approximate surface area is 155 Å². The van der Waals surface area contributed by atoms with Gasteiger partial charge in [-0.1, -0.05) is 65.8 Å². The second kappa shape index (κ2) is 8.04. The summed E-state index contributed by atoms with van der Waals surface area (Å²) in [6, 6.07) is 20.8. The Morgan fingerprint density at radius 2 is 1.57 bits per heavy atom. The molecule has 0 saturated carbocycles. The number of hydrogen-bond donors (Lipinski definition) is 1. The molecule has 0 amide bonds. The van der Waals surface area contributed by atoms with E-state index in [4.69, 9.17) is 5.10 Å². The first-order valence-electron chi connectivity index (χ1n) is 7.90. The molecule has 122 valence electrons. The highest BCUT2D eigenvalue weighted by Gasteiger charge is 2.39. The van der Waals surface area contributed by atoms with Gasteiger partial charge in [-0.15, -0.1) is 0 Å². The molecule has 2 aromatic rings. The van der Waals surface area contributed by atoms with Crippen molar-refractivity contribution in [3.8, 4) is 0 Å². The zero-order valence-electron chi connectivity index (χ0n) is 13.4. The lowest BCUT2D eigenvalue weighted by atomic mass is 10.0. The molecule has 1 aliphatic heterocycles. The van der Waals surface area contributed by atoms with Crippen molar-refractivity contribution in [1.29, 1.82) is 0 Å². The van der Waals surface area contributed by atoms with Gasteiger partial charge in [-0.3, -0.25) is 0 Å². The Morgan fingerprint density at radius 1 is 1.04 bits per heavy atom. The summed E-state index contributed by atoms with van der Waals surface area (Å²) in [5.41, 5.74) is 3.25. The fourth-order valence-corrected chi connectivity index (χ4v) is 3.21. The lowest BCUT2D eigenvalue weighted by Gasteiger charge is -2.29. The minimum atomic E-state index is 0. The Bertz CT molecular complexity index is 603. The van der Waals surface area contributed by atoms with Crippen molar-refractivity contribution in [3.63, 3.8) is 0 Å². The summed E-state index contributed by atoms with van der Waals surface area (Å²) in [7, 11) is 2.12. The molecule has 1 fully saturated rings. The molecule has 3 nitrogen and oxygen atoms in total. The molecule has 1 N–H and O–H groups in total. The van der Waals surface area contributed by atoms with Crippen molar-refractivity contribution >= 4 is 5.71 Å². The molecule has 0 spiro atoms. The van der Waals surface area contributed by atoms with Gasteiger partial charge in [0.05, 0.1) is 13.7 Å². The lowest BCUT2D eigenvalue weighted by Crippen LogP contribution is -3.00. The molecule has 0 aliphatic carbocycles. The smallest absolute Gasteiger partial charge is 0.136 e. The minimum Gasteiger partial charge on any atom is -1.00 e. The Kier molecular flexibility index (Phi) is 6.33. The Hall–Kier alpha value is -1.24. The fourth-order valence-electron chi connectivity index (χ4n) is 3.21. The number of benzene rings is 2. The predicted molar refractivity (Wildman–Crippen MR) is 89.7 cm³/mol. The van der Waals surface area contributed by atoms with Gasteiger partial charge in [-0.2, -0.15) is 4.59 Å². The van der Waals surface area contributed by atoms with Gasteiger partial charge in [0.1, 0.15) is 18.3 Å². The van der Waals surface area contributed by atoms with Crippen molar-refractivity contribution in [2.45, 2.75) is 18.9 Å². The van der Waals surface area contributed by atoms with Gasteiger partial charge in [0, 0.05) is 24.0 Å². The standard InChI is InChI=1S/C19H23N2O.HI/c1-21(14-8-13-18(21)15-22)20-19(16-9-4-2-5-10-16)17-11-6-3-7-12-17;/h2-7,9-12,18,22H,8,13-15H2,1H3;1H/q+1;/p-1. The zero-order chi connectivity index (χ0) is 15.4. The first-order chi connectivity index (χ1) is 10.7. The third-order valence-corrected chi connectivity index (χ3v) is 4.57. The van der Waals surface area contributed by atoms with Crippen LogP contribution in [-0.2, 0) is 0 Å². The number of aliphatic hydroxyl groups is 1. The third kappa shape index (κ3) is 4.00. The zero-order valence-corrected chi connectivity index (χ0v) is 15.6. The number of hydrogen-bond acceptors (Lipinski definition) is 2. The maximum atomic E-state index is 9.67. The topological polar surface area (TPSA) is 32.6 Å². The van der Waals surface area contributed by atoms with Gasteiger partial charge < -0.3 is 29.1 Å². The van der Waals surface area contributed by atoms with Gasteiger partial charge in [0.25, 0.3) is 0 Å². The Balaban J connectivity index is 0.00000192. The summed E-state index contributed by atoms with van der Waals surface area (Å²) >= 11 is 0. The second-order valence-corrected chi connectivity index (χ2v) is 6.10. The van der Waals surface area contributed by atoms with Crippen molar-refractivity contribution in [1.82, 2.24) is 0 Å². The SMILES string of the molecule is C[N+]1(N=C(c2ccccc2)c2ccccc2)CCCC1CO.[I-]. The van der Waals surface area contributed by atoms with Crippen LogP contribution in [0.4, 0.5) is 0 Å². The molecule has 23 heavy (non-hydrogen) atoms. The summed E-state index contributed by atoms with van der Waals surface area (Å²) in [5, 5.41) is 14.8. The molecular formula is C19H23IN2O. The maximum absolute atomic E-state index is 9.67. The third-order valence-electron chi connectivity index (χ3n) is 4.57. The van der Waals surface area contributed by atoms with Crippen LogP contribution in [0.3, 0.4) is 0 Å². The number of rotatable bonds is 4. The molecule has 0 aromatic heterocycles.